The minimum atomic E-state index is -0.516. The first-order valence-corrected chi connectivity index (χ1v) is 8.12. The lowest BCUT2D eigenvalue weighted by molar-refractivity contribution is -0.147. The van der Waals surface area contributed by atoms with Crippen LogP contribution in [0.25, 0.3) is 0 Å². The summed E-state index contributed by atoms with van der Waals surface area (Å²) in [6.07, 6.45) is 10.1. The van der Waals surface area contributed by atoms with E-state index in [-0.39, 0.29) is 17.7 Å². The maximum Gasteiger partial charge on any atom is 0.331 e. The summed E-state index contributed by atoms with van der Waals surface area (Å²) >= 11 is 0. The van der Waals surface area contributed by atoms with Gasteiger partial charge in [-0.3, -0.25) is 0 Å². The molecule has 2 rings (SSSR count). The summed E-state index contributed by atoms with van der Waals surface area (Å²) in [5.41, 5.74) is -0.601. The highest BCUT2D eigenvalue weighted by atomic mass is 16.7. The molecule has 0 radical (unpaired) electrons. The van der Waals surface area contributed by atoms with Crippen LogP contribution in [0.5, 0.6) is 0 Å². The van der Waals surface area contributed by atoms with Gasteiger partial charge in [0, 0.05) is 6.08 Å². The number of ether oxygens (including phenoxy) is 2. The maximum absolute atomic E-state index is 11.4. The number of hydrogen-bond acceptors (Lipinski definition) is 3. The Kier molecular flexibility index (Phi) is 4.58. The smallest absolute Gasteiger partial charge is 0.331 e. The second-order valence-corrected chi connectivity index (χ2v) is 6.43. The van der Waals surface area contributed by atoms with Crippen molar-refractivity contribution in [3.8, 4) is 0 Å². The van der Waals surface area contributed by atoms with Crippen molar-refractivity contribution in [2.75, 3.05) is 0 Å². The molecule has 4 unspecified atom stereocenters. The van der Waals surface area contributed by atoms with Crippen LogP contribution in [-0.4, -0.2) is 23.3 Å². The zero-order valence-electron chi connectivity index (χ0n) is 13.3. The van der Waals surface area contributed by atoms with E-state index in [9.17, 15) is 4.79 Å². The van der Waals surface area contributed by atoms with Gasteiger partial charge in [0.25, 0.3) is 0 Å². The lowest BCUT2D eigenvalue weighted by Crippen LogP contribution is -2.39. The van der Waals surface area contributed by atoms with E-state index < -0.39 is 5.60 Å². The van der Waals surface area contributed by atoms with E-state index in [1.165, 1.54) is 19.3 Å². The largest absolute Gasteiger partial charge is 0.449 e. The summed E-state index contributed by atoms with van der Waals surface area (Å²) in [5.74, 6) is 0.432. The van der Waals surface area contributed by atoms with Crippen LogP contribution in [0.2, 0.25) is 0 Å². The Balaban J connectivity index is 2.01. The van der Waals surface area contributed by atoms with Crippen LogP contribution in [0.1, 0.15) is 66.2 Å². The monoisotopic (exact) mass is 280 g/mol. The van der Waals surface area contributed by atoms with E-state index in [4.69, 9.17) is 9.47 Å². The van der Waals surface area contributed by atoms with Gasteiger partial charge in [-0.25, -0.2) is 4.79 Å². The van der Waals surface area contributed by atoms with Crippen molar-refractivity contribution in [3.63, 3.8) is 0 Å². The Morgan fingerprint density at radius 2 is 2.05 bits per heavy atom. The van der Waals surface area contributed by atoms with Gasteiger partial charge < -0.3 is 9.47 Å². The Bertz CT molecular complexity index is 390. The van der Waals surface area contributed by atoms with E-state index in [0.717, 1.165) is 19.3 Å². The van der Waals surface area contributed by atoms with Crippen LogP contribution >= 0.6 is 0 Å². The quantitative estimate of drug-likeness (QED) is 0.498. The highest BCUT2D eigenvalue weighted by Gasteiger charge is 2.66. The van der Waals surface area contributed by atoms with Gasteiger partial charge in [-0.2, -0.15) is 0 Å². The van der Waals surface area contributed by atoms with Gasteiger partial charge in [-0.05, 0) is 31.3 Å². The fourth-order valence-electron chi connectivity index (χ4n) is 3.54. The van der Waals surface area contributed by atoms with E-state index >= 15 is 0 Å². The van der Waals surface area contributed by atoms with Crippen molar-refractivity contribution < 1.29 is 14.3 Å². The number of rotatable bonds is 8. The SMILES string of the molecule is CCCCC(C)CC1(CC)OC1C1(CC)C=CC(=O)O1. The maximum atomic E-state index is 11.4. The lowest BCUT2D eigenvalue weighted by Gasteiger charge is -2.26. The Hall–Kier alpha value is -0.830. The van der Waals surface area contributed by atoms with Crippen LogP contribution in [0.4, 0.5) is 0 Å². The normalized spacial score (nSPS) is 37.0. The fraction of sp³-hybridized carbons (Fsp3) is 0.824. The molecule has 0 N–H and O–H groups in total. The van der Waals surface area contributed by atoms with Gasteiger partial charge in [-0.15, -0.1) is 0 Å². The molecule has 0 bridgehead atoms. The molecular weight excluding hydrogens is 252 g/mol. The molecule has 1 saturated heterocycles. The second-order valence-electron chi connectivity index (χ2n) is 6.43. The van der Waals surface area contributed by atoms with Crippen LogP contribution in [0, 0.1) is 5.92 Å². The second kappa shape index (κ2) is 5.88. The van der Waals surface area contributed by atoms with Crippen LogP contribution in [0.15, 0.2) is 12.2 Å². The number of esters is 1. The molecule has 1 fully saturated rings. The van der Waals surface area contributed by atoms with Crippen molar-refractivity contribution >= 4 is 5.97 Å². The third-order valence-corrected chi connectivity index (χ3v) is 4.90. The molecular formula is C17H28O3. The lowest BCUT2D eigenvalue weighted by atomic mass is 9.81. The molecule has 0 amide bonds. The Labute approximate surface area is 122 Å². The van der Waals surface area contributed by atoms with Crippen LogP contribution < -0.4 is 0 Å². The minimum absolute atomic E-state index is 0.0387. The van der Waals surface area contributed by atoms with Crippen molar-refractivity contribution in [1.29, 1.82) is 0 Å². The van der Waals surface area contributed by atoms with Crippen molar-refractivity contribution in [3.05, 3.63) is 12.2 Å². The molecule has 2 aliphatic heterocycles. The first-order chi connectivity index (χ1) is 9.52. The summed E-state index contributed by atoms with van der Waals surface area (Å²) in [6.45, 7) is 8.77. The molecule has 20 heavy (non-hydrogen) atoms. The average Bonchev–Trinajstić information content (AvgIpc) is 3.04. The number of unbranched alkanes of at least 4 members (excludes halogenated alkanes) is 1. The minimum Gasteiger partial charge on any atom is -0.449 e. The molecule has 4 atom stereocenters. The molecule has 2 aliphatic rings. The summed E-state index contributed by atoms with van der Waals surface area (Å²) < 4.78 is 11.7. The zero-order chi connectivity index (χ0) is 14.8. The van der Waals surface area contributed by atoms with Gasteiger partial charge in [0.05, 0.1) is 5.60 Å². The van der Waals surface area contributed by atoms with Gasteiger partial charge in [0.15, 0.2) is 5.60 Å². The predicted molar refractivity (Wildman–Crippen MR) is 79.5 cm³/mol. The number of epoxide rings is 1. The third kappa shape index (κ3) is 2.78. The van der Waals surface area contributed by atoms with E-state index in [1.54, 1.807) is 6.08 Å². The topological polar surface area (TPSA) is 38.8 Å². The number of carbonyl (C=O) groups excluding carboxylic acids is 1. The number of hydrogen-bond donors (Lipinski definition) is 0. The molecule has 0 aromatic carbocycles. The molecule has 0 aliphatic carbocycles. The first kappa shape index (κ1) is 15.6. The van der Waals surface area contributed by atoms with Crippen molar-refractivity contribution in [1.82, 2.24) is 0 Å². The molecule has 114 valence electrons. The summed E-state index contributed by atoms with van der Waals surface area (Å²) in [4.78, 5) is 11.4. The molecule has 0 spiro atoms. The van der Waals surface area contributed by atoms with Crippen LogP contribution in [0.3, 0.4) is 0 Å². The Morgan fingerprint density at radius 1 is 1.30 bits per heavy atom. The highest BCUT2D eigenvalue weighted by Crippen LogP contribution is 2.53. The van der Waals surface area contributed by atoms with Gasteiger partial charge >= 0.3 is 5.97 Å². The summed E-state index contributed by atoms with van der Waals surface area (Å²) in [7, 11) is 0. The standard InChI is InChI=1S/C17H28O3/c1-5-8-9-13(4)12-17(7-3)15(20-17)16(6-2)11-10-14(18)19-16/h10-11,13,15H,5-9,12H2,1-4H3. The van der Waals surface area contributed by atoms with E-state index in [1.807, 2.05) is 6.08 Å². The molecule has 0 aromatic heterocycles. The van der Waals surface area contributed by atoms with E-state index in [0.29, 0.717) is 5.92 Å². The number of carbonyl (C=O) groups is 1. The Morgan fingerprint density at radius 3 is 2.55 bits per heavy atom. The first-order valence-electron chi connectivity index (χ1n) is 8.12. The average molecular weight is 280 g/mol. The highest BCUT2D eigenvalue weighted by molar-refractivity contribution is 5.85. The molecule has 0 aromatic rings. The van der Waals surface area contributed by atoms with Gasteiger partial charge in [0.2, 0.25) is 0 Å². The van der Waals surface area contributed by atoms with Gasteiger partial charge in [-0.1, -0.05) is 47.0 Å². The number of cyclic esters (lactones) is 1. The van der Waals surface area contributed by atoms with Gasteiger partial charge in [0.1, 0.15) is 6.10 Å². The fourth-order valence-corrected chi connectivity index (χ4v) is 3.54. The van der Waals surface area contributed by atoms with E-state index in [2.05, 4.69) is 27.7 Å². The zero-order valence-corrected chi connectivity index (χ0v) is 13.3. The van der Waals surface area contributed by atoms with Crippen molar-refractivity contribution in [2.24, 2.45) is 5.92 Å². The molecule has 2 heterocycles. The predicted octanol–water partition coefficient (Wildman–Crippen LogP) is 4.01. The van der Waals surface area contributed by atoms with Crippen LogP contribution in [-0.2, 0) is 14.3 Å². The molecule has 3 heteroatoms. The summed E-state index contributed by atoms with van der Waals surface area (Å²) in [6, 6.07) is 0. The third-order valence-electron chi connectivity index (χ3n) is 4.90. The summed E-state index contributed by atoms with van der Waals surface area (Å²) in [5, 5.41) is 0. The molecule has 3 nitrogen and oxygen atoms in total. The molecule has 0 saturated carbocycles. The van der Waals surface area contributed by atoms with Crippen molar-refractivity contribution in [2.45, 2.75) is 83.5 Å².